The van der Waals surface area contributed by atoms with E-state index in [0.29, 0.717) is 0 Å². The van der Waals surface area contributed by atoms with Gasteiger partial charge in [-0.05, 0) is 19.3 Å². The van der Waals surface area contributed by atoms with E-state index < -0.39 is 8.07 Å². The first-order valence-corrected chi connectivity index (χ1v) is 14.4. The van der Waals surface area contributed by atoms with E-state index in [9.17, 15) is 4.79 Å². The molecule has 0 spiro atoms. The molecule has 0 aliphatic rings. The van der Waals surface area contributed by atoms with E-state index in [2.05, 4.69) is 50.3 Å². The molecule has 27 heavy (non-hydrogen) atoms. The molecule has 0 aliphatic carbocycles. The summed E-state index contributed by atoms with van der Waals surface area (Å²) in [4.78, 5) is 11.5. The van der Waals surface area contributed by atoms with Crippen LogP contribution in [0.1, 0.15) is 84.5 Å². The molecule has 0 saturated heterocycles. The van der Waals surface area contributed by atoms with Crippen LogP contribution in [0, 0.1) is 0 Å². The zero-order valence-corrected chi connectivity index (χ0v) is 19.3. The van der Waals surface area contributed by atoms with Crippen LogP contribution in [0.15, 0.2) is 30.3 Å². The number of rotatable bonds is 15. The lowest BCUT2D eigenvalue weighted by molar-refractivity contribution is -0.146. The molecule has 1 atom stereocenters. The van der Waals surface area contributed by atoms with Crippen molar-refractivity contribution in [3.05, 3.63) is 30.3 Å². The number of unbranched alkanes of at least 4 members (excludes halogenated alkanes) is 8. The molecule has 0 N–H and O–H groups in total. The molecular formula is C24H42O2Si. The van der Waals surface area contributed by atoms with Crippen LogP contribution in [0.2, 0.25) is 19.1 Å². The van der Waals surface area contributed by atoms with Crippen LogP contribution in [0.5, 0.6) is 0 Å². The second kappa shape index (κ2) is 14.0. The Bertz CT molecular complexity index is 498. The van der Waals surface area contributed by atoms with Crippen LogP contribution in [-0.4, -0.2) is 20.1 Å². The lowest BCUT2D eigenvalue weighted by Crippen LogP contribution is -2.41. The number of benzene rings is 1. The average molecular weight is 391 g/mol. The van der Waals surface area contributed by atoms with Crippen molar-refractivity contribution in [3.8, 4) is 0 Å². The Morgan fingerprint density at radius 3 is 2.00 bits per heavy atom. The summed E-state index contributed by atoms with van der Waals surface area (Å²) in [7, 11) is -1.46. The molecule has 0 radical (unpaired) electrons. The Morgan fingerprint density at radius 2 is 1.44 bits per heavy atom. The Hall–Kier alpha value is -1.09. The van der Waals surface area contributed by atoms with Gasteiger partial charge in [0.05, 0.1) is 8.07 Å². The van der Waals surface area contributed by atoms with Gasteiger partial charge in [-0.3, -0.25) is 4.79 Å². The minimum atomic E-state index is -1.46. The normalized spacial score (nSPS) is 12.7. The van der Waals surface area contributed by atoms with Crippen molar-refractivity contribution in [2.75, 3.05) is 0 Å². The third-order valence-corrected chi connectivity index (χ3v) is 9.04. The summed E-state index contributed by atoms with van der Waals surface area (Å²) < 4.78 is 5.64. The summed E-state index contributed by atoms with van der Waals surface area (Å²) in [6.45, 7) is 8.66. The Labute approximate surface area is 169 Å². The number of esters is 1. The van der Waals surface area contributed by atoms with Gasteiger partial charge in [-0.1, -0.05) is 113 Å². The fourth-order valence-electron chi connectivity index (χ4n) is 3.74. The van der Waals surface area contributed by atoms with E-state index in [0.717, 1.165) is 12.8 Å². The first kappa shape index (κ1) is 23.9. The van der Waals surface area contributed by atoms with Gasteiger partial charge in [0.1, 0.15) is 6.10 Å². The number of ether oxygens (including phenoxy) is 1. The molecule has 0 bridgehead atoms. The fraction of sp³-hybridized carbons (Fsp3) is 0.708. The van der Waals surface area contributed by atoms with E-state index >= 15 is 0 Å². The van der Waals surface area contributed by atoms with E-state index in [1.807, 2.05) is 0 Å². The summed E-state index contributed by atoms with van der Waals surface area (Å²) >= 11 is 0. The standard InChI is InChI=1S/C24H42O2Si/c1-5-6-7-8-9-10-11-12-14-17-23(26-22(2)25)20-21-27(3,4)24-18-15-13-16-19-24/h13,15-16,18-19,23H,5-12,14,17,20-21H2,1-4H3. The zero-order valence-electron chi connectivity index (χ0n) is 18.3. The van der Waals surface area contributed by atoms with Crippen molar-refractivity contribution in [1.82, 2.24) is 0 Å². The average Bonchev–Trinajstić information content (AvgIpc) is 2.65. The van der Waals surface area contributed by atoms with Gasteiger partial charge < -0.3 is 4.74 Å². The molecular weight excluding hydrogens is 348 g/mol. The highest BCUT2D eigenvalue weighted by atomic mass is 28.3. The largest absolute Gasteiger partial charge is 0.463 e. The molecule has 0 aliphatic heterocycles. The van der Waals surface area contributed by atoms with Gasteiger partial charge in [0.15, 0.2) is 0 Å². The van der Waals surface area contributed by atoms with E-state index in [4.69, 9.17) is 4.74 Å². The predicted molar refractivity (Wildman–Crippen MR) is 120 cm³/mol. The van der Waals surface area contributed by atoms with Gasteiger partial charge in [-0.25, -0.2) is 0 Å². The van der Waals surface area contributed by atoms with Crippen molar-refractivity contribution in [2.24, 2.45) is 0 Å². The van der Waals surface area contributed by atoms with E-state index in [1.54, 1.807) is 6.92 Å². The topological polar surface area (TPSA) is 26.3 Å². The first-order chi connectivity index (χ1) is 13.0. The predicted octanol–water partition coefficient (Wildman–Crippen LogP) is 6.84. The van der Waals surface area contributed by atoms with Gasteiger partial charge >= 0.3 is 5.97 Å². The van der Waals surface area contributed by atoms with Crippen molar-refractivity contribution in [2.45, 2.75) is 110 Å². The van der Waals surface area contributed by atoms with Crippen molar-refractivity contribution >= 4 is 19.2 Å². The summed E-state index contributed by atoms with van der Waals surface area (Å²) in [6, 6.07) is 12.0. The maximum Gasteiger partial charge on any atom is 0.302 e. The van der Waals surface area contributed by atoms with Crippen molar-refractivity contribution in [3.63, 3.8) is 0 Å². The summed E-state index contributed by atoms with van der Waals surface area (Å²) in [5, 5.41) is 1.50. The SMILES string of the molecule is CCCCCCCCCCCC(CC[Si](C)(C)c1ccccc1)OC(C)=O. The smallest absolute Gasteiger partial charge is 0.302 e. The van der Waals surface area contributed by atoms with Crippen LogP contribution < -0.4 is 5.19 Å². The maximum atomic E-state index is 11.5. The monoisotopic (exact) mass is 390 g/mol. The van der Waals surface area contributed by atoms with Crippen molar-refractivity contribution in [1.29, 1.82) is 0 Å². The van der Waals surface area contributed by atoms with Crippen LogP contribution in [-0.2, 0) is 9.53 Å². The lowest BCUT2D eigenvalue weighted by Gasteiger charge is -2.26. The second-order valence-corrected chi connectivity index (χ2v) is 13.5. The zero-order chi connectivity index (χ0) is 20.0. The molecule has 1 unspecified atom stereocenters. The number of hydrogen-bond donors (Lipinski definition) is 0. The molecule has 1 aromatic carbocycles. The molecule has 1 aromatic rings. The molecule has 154 valence electrons. The highest BCUT2D eigenvalue weighted by Crippen LogP contribution is 2.20. The Kier molecular flexibility index (Phi) is 12.4. The second-order valence-electron chi connectivity index (χ2n) is 8.64. The molecule has 0 aromatic heterocycles. The van der Waals surface area contributed by atoms with Crippen LogP contribution >= 0.6 is 0 Å². The number of carbonyl (C=O) groups excluding carboxylic acids is 1. The number of carbonyl (C=O) groups is 1. The maximum absolute atomic E-state index is 11.5. The van der Waals surface area contributed by atoms with Gasteiger partial charge in [-0.2, -0.15) is 0 Å². The third kappa shape index (κ3) is 11.4. The summed E-state index contributed by atoms with van der Waals surface area (Å²) in [5.74, 6) is -0.130. The highest BCUT2D eigenvalue weighted by Gasteiger charge is 2.25. The van der Waals surface area contributed by atoms with Gasteiger partial charge in [0.25, 0.3) is 0 Å². The third-order valence-electron chi connectivity index (χ3n) is 5.61. The minimum Gasteiger partial charge on any atom is -0.463 e. The molecule has 0 fully saturated rings. The van der Waals surface area contributed by atoms with Gasteiger partial charge in [-0.15, -0.1) is 0 Å². The number of hydrogen-bond acceptors (Lipinski definition) is 2. The molecule has 0 saturated carbocycles. The van der Waals surface area contributed by atoms with Gasteiger partial charge in [0, 0.05) is 6.92 Å². The summed E-state index contributed by atoms with van der Waals surface area (Å²) in [5.41, 5.74) is 0. The van der Waals surface area contributed by atoms with Crippen LogP contribution in [0.25, 0.3) is 0 Å². The van der Waals surface area contributed by atoms with E-state index in [1.165, 1.54) is 69.0 Å². The quantitative estimate of drug-likeness (QED) is 0.186. The molecule has 0 heterocycles. The fourth-order valence-corrected chi connectivity index (χ4v) is 6.16. The lowest BCUT2D eigenvalue weighted by atomic mass is 10.0. The van der Waals surface area contributed by atoms with Crippen LogP contribution in [0.3, 0.4) is 0 Å². The summed E-state index contributed by atoms with van der Waals surface area (Å²) in [6.07, 6.45) is 14.1. The first-order valence-electron chi connectivity index (χ1n) is 11.2. The van der Waals surface area contributed by atoms with Gasteiger partial charge in [0.2, 0.25) is 0 Å². The Balaban J connectivity index is 2.29. The van der Waals surface area contributed by atoms with Crippen LogP contribution in [0.4, 0.5) is 0 Å². The molecule has 2 nitrogen and oxygen atoms in total. The molecule has 0 amide bonds. The van der Waals surface area contributed by atoms with E-state index in [-0.39, 0.29) is 12.1 Å². The minimum absolute atomic E-state index is 0.0996. The Morgan fingerprint density at radius 1 is 0.889 bits per heavy atom. The molecule has 1 rings (SSSR count). The van der Waals surface area contributed by atoms with Crippen molar-refractivity contribution < 1.29 is 9.53 Å². The molecule has 3 heteroatoms. The highest BCUT2D eigenvalue weighted by molar-refractivity contribution is 6.89.